The van der Waals surface area contributed by atoms with Gasteiger partial charge in [-0.05, 0) is 38.5 Å². The van der Waals surface area contributed by atoms with Gasteiger partial charge in [0.1, 0.15) is 23.4 Å². The summed E-state index contributed by atoms with van der Waals surface area (Å²) in [6, 6.07) is 7.14. The van der Waals surface area contributed by atoms with Crippen molar-refractivity contribution in [2.45, 2.75) is 51.8 Å². The minimum atomic E-state index is -0.578. The van der Waals surface area contributed by atoms with E-state index in [4.69, 9.17) is 10.5 Å². The van der Waals surface area contributed by atoms with Gasteiger partial charge < -0.3 is 24.7 Å². The summed E-state index contributed by atoms with van der Waals surface area (Å²) in [5.74, 6) is 0.176. The first-order valence-corrected chi connectivity index (χ1v) is 10.9. The zero-order chi connectivity index (χ0) is 23.2. The van der Waals surface area contributed by atoms with Gasteiger partial charge >= 0.3 is 22.6 Å². The number of aromatic nitrogens is 3. The van der Waals surface area contributed by atoms with Crippen LogP contribution in [-0.4, -0.2) is 54.7 Å². The molecule has 164 valence electrons. The monoisotopic (exact) mass is 448 g/mol. The second-order valence-electron chi connectivity index (χ2n) is 8.92. The summed E-state index contributed by atoms with van der Waals surface area (Å²) in [7, 11) is 0. The van der Waals surface area contributed by atoms with Crippen LogP contribution in [0.5, 0.6) is 0 Å². The van der Waals surface area contributed by atoms with E-state index < -0.39 is 11.7 Å². The summed E-state index contributed by atoms with van der Waals surface area (Å²) in [4.78, 5) is 33.0. The summed E-state index contributed by atoms with van der Waals surface area (Å²) in [6.45, 7) is 8.10. The molecule has 0 spiro atoms. The number of anilines is 1. The molecule has 2 amide bonds. The second kappa shape index (κ2) is 8.11. The van der Waals surface area contributed by atoms with Gasteiger partial charge in [0.15, 0.2) is 0 Å². The predicted molar refractivity (Wildman–Crippen MR) is 122 cm³/mol. The van der Waals surface area contributed by atoms with Crippen molar-refractivity contribution < 1.29 is 14.3 Å². The van der Waals surface area contributed by atoms with Crippen LogP contribution in [0.2, 0.25) is 0 Å². The van der Waals surface area contributed by atoms with Crippen molar-refractivity contribution in [2.24, 2.45) is 0 Å². The Balaban J connectivity index is 1.77. The average molecular weight is 448 g/mol. The maximum absolute atomic E-state index is 12.4. The van der Waals surface area contributed by atoms with Gasteiger partial charge in [-0.1, -0.05) is 19.1 Å². The standard InChI is InChI=1S/C22H26N6O3.Al/c1-11-14(27-21(30)31-22(2,3)4)9-28-17(11)15(16-18(23)25-10-26-20(16)28)12-5-7-13(8-6-12)19(24)29;/h5-8,10-11,14H,9H2,1-4H3,(H5,23,24,25,26,27,29,30);/q;+1/p-1. The van der Waals surface area contributed by atoms with Crippen LogP contribution < -0.4 is 15.4 Å². The Morgan fingerprint density at radius 1 is 1.22 bits per heavy atom. The summed E-state index contributed by atoms with van der Waals surface area (Å²) in [5.41, 5.74) is 9.77. The van der Waals surface area contributed by atoms with Crippen LogP contribution in [0.4, 0.5) is 10.6 Å². The Hall–Kier alpha value is -3.09. The molecule has 0 aliphatic carbocycles. The van der Waals surface area contributed by atoms with Crippen molar-refractivity contribution in [1.82, 2.24) is 24.2 Å². The molecule has 1 aliphatic rings. The van der Waals surface area contributed by atoms with E-state index in [1.54, 1.807) is 12.1 Å². The molecule has 0 saturated carbocycles. The lowest BCUT2D eigenvalue weighted by molar-refractivity contribution is 0.0498. The molecule has 0 saturated heterocycles. The quantitative estimate of drug-likeness (QED) is 0.529. The highest BCUT2D eigenvalue weighted by Crippen LogP contribution is 2.44. The van der Waals surface area contributed by atoms with Gasteiger partial charge in [-0.2, -0.15) is 0 Å². The van der Waals surface area contributed by atoms with Gasteiger partial charge in [0.2, 0.25) is 5.91 Å². The number of hydrogen-bond acceptors (Lipinski definition) is 6. The molecule has 0 fully saturated rings. The van der Waals surface area contributed by atoms with Crippen LogP contribution in [-0.2, 0) is 11.3 Å². The minimum absolute atomic E-state index is 0.0267. The number of nitrogens with two attached hydrogens (primary N) is 1. The van der Waals surface area contributed by atoms with Crippen LogP contribution in [0.15, 0.2) is 30.6 Å². The normalized spacial score (nSPS) is 17.8. The molecule has 1 aliphatic heterocycles. The van der Waals surface area contributed by atoms with Crippen molar-refractivity contribution in [1.29, 1.82) is 0 Å². The summed E-state index contributed by atoms with van der Waals surface area (Å²) >= 11 is 2.21. The van der Waals surface area contributed by atoms with Crippen LogP contribution in [0.1, 0.15) is 49.7 Å². The number of fused-ring (bicyclic) bond motifs is 3. The number of carbonyl (C=O) groups excluding carboxylic acids is 2. The Bertz CT molecular complexity index is 1200. The summed E-state index contributed by atoms with van der Waals surface area (Å²) in [5, 5.41) is 3.77. The number of nitrogens with one attached hydrogen (secondary N) is 2. The van der Waals surface area contributed by atoms with Gasteiger partial charge in [-0.25, -0.2) is 14.8 Å². The number of nitrogen functional groups attached to an aromatic ring is 1. The third-order valence-corrected chi connectivity index (χ3v) is 5.85. The zero-order valence-corrected chi connectivity index (χ0v) is 19.6. The van der Waals surface area contributed by atoms with Gasteiger partial charge in [0.05, 0.1) is 11.4 Å². The first kappa shape index (κ1) is 22.1. The van der Waals surface area contributed by atoms with Gasteiger partial charge in [0.25, 0.3) is 0 Å². The number of nitrogens with zero attached hydrogens (tertiary/aromatic N) is 3. The fourth-order valence-corrected chi connectivity index (χ4v) is 4.37. The number of amides is 2. The third kappa shape index (κ3) is 3.92. The maximum Gasteiger partial charge on any atom is 0.407 e. The topological polar surface area (TPSA) is 124 Å². The molecule has 4 rings (SSSR count). The lowest BCUT2D eigenvalue weighted by Gasteiger charge is -2.23. The lowest BCUT2D eigenvalue weighted by atomic mass is 9.93. The molecule has 2 aromatic heterocycles. The zero-order valence-electron chi connectivity index (χ0n) is 18.5. The fraction of sp³-hybridized carbons (Fsp3) is 0.364. The number of alkyl carbamates (subject to hydrolysis) is 1. The van der Waals surface area contributed by atoms with E-state index in [1.807, 2.05) is 32.9 Å². The molecule has 3 aromatic rings. The van der Waals surface area contributed by atoms with Crippen LogP contribution in [0.3, 0.4) is 0 Å². The third-order valence-electron chi connectivity index (χ3n) is 5.59. The van der Waals surface area contributed by atoms with E-state index in [2.05, 4.69) is 47.6 Å². The molecule has 0 bridgehead atoms. The van der Waals surface area contributed by atoms with E-state index in [1.165, 1.54) is 6.33 Å². The molecule has 2 unspecified atom stereocenters. The van der Waals surface area contributed by atoms with E-state index in [0.29, 0.717) is 17.9 Å². The van der Waals surface area contributed by atoms with Crippen LogP contribution in [0.25, 0.3) is 22.2 Å². The molecule has 3 heterocycles. The largest absolute Gasteiger partial charge is 0.459 e. The van der Waals surface area contributed by atoms with Crippen molar-refractivity contribution in [3.63, 3.8) is 0 Å². The van der Waals surface area contributed by atoms with E-state index in [0.717, 1.165) is 27.9 Å². The second-order valence-corrected chi connectivity index (χ2v) is 9.21. The summed E-state index contributed by atoms with van der Waals surface area (Å²) < 4.78 is 10.1. The molecular formula is C22H25AlN6O3. The molecule has 1 aromatic carbocycles. The highest BCUT2D eigenvalue weighted by molar-refractivity contribution is 6.18. The average Bonchev–Trinajstić information content (AvgIpc) is 3.22. The van der Waals surface area contributed by atoms with Crippen molar-refractivity contribution >= 4 is 45.4 Å². The Kier molecular flexibility index (Phi) is 5.61. The molecule has 10 heteroatoms. The number of carbonyl (C=O) groups is 2. The number of hydrogen-bond donors (Lipinski definition) is 3. The first-order valence-electron chi connectivity index (χ1n) is 10.3. The molecule has 32 heavy (non-hydrogen) atoms. The smallest absolute Gasteiger partial charge is 0.407 e. The van der Waals surface area contributed by atoms with Crippen LogP contribution >= 0.6 is 0 Å². The fourth-order valence-electron chi connectivity index (χ4n) is 4.21. The molecule has 2 radical (unpaired) electrons. The number of ether oxygens (including phenoxy) is 1. The first-order chi connectivity index (χ1) is 15.1. The van der Waals surface area contributed by atoms with Gasteiger partial charge in [0, 0.05) is 29.3 Å². The van der Waals surface area contributed by atoms with E-state index in [-0.39, 0.29) is 17.9 Å². The van der Waals surface area contributed by atoms with E-state index >= 15 is 0 Å². The predicted octanol–water partition coefficient (Wildman–Crippen LogP) is 2.50. The highest BCUT2D eigenvalue weighted by Gasteiger charge is 2.37. The lowest BCUT2D eigenvalue weighted by Crippen LogP contribution is -2.41. The number of rotatable bonds is 3. The van der Waals surface area contributed by atoms with E-state index in [9.17, 15) is 9.59 Å². The molecule has 4 N–H and O–H groups in total. The van der Waals surface area contributed by atoms with Gasteiger partial charge in [-0.3, -0.25) is 4.79 Å². The summed E-state index contributed by atoms with van der Waals surface area (Å²) in [6.07, 6.45) is 0.994. The molecule has 9 nitrogen and oxygen atoms in total. The molecular weight excluding hydrogens is 423 g/mol. The Labute approximate surface area is 194 Å². The Morgan fingerprint density at radius 3 is 2.53 bits per heavy atom. The maximum atomic E-state index is 12.4. The number of benzene rings is 1. The van der Waals surface area contributed by atoms with Crippen LogP contribution in [0, 0.1) is 0 Å². The highest BCUT2D eigenvalue weighted by atomic mass is 27.1. The minimum Gasteiger partial charge on any atom is -0.459 e. The van der Waals surface area contributed by atoms with Crippen molar-refractivity contribution in [3.8, 4) is 11.1 Å². The van der Waals surface area contributed by atoms with Gasteiger partial charge in [-0.15, -0.1) is 0 Å². The Morgan fingerprint density at radius 2 is 1.91 bits per heavy atom. The van der Waals surface area contributed by atoms with Crippen molar-refractivity contribution in [3.05, 3.63) is 41.9 Å². The molecule has 2 atom stereocenters. The SMILES string of the molecule is CC1c2c(-c3ccc(C(=O)[NH][Al])cc3)c3c(N)ncnc3n2CC1NC(=O)OC(C)(C)C. The van der Waals surface area contributed by atoms with Crippen molar-refractivity contribution in [2.75, 3.05) is 5.73 Å².